The number of hydrogen-bond acceptors (Lipinski definition) is 3. The van der Waals surface area contributed by atoms with Gasteiger partial charge in [0.15, 0.2) is 0 Å². The van der Waals surface area contributed by atoms with E-state index in [4.69, 9.17) is 5.73 Å². The minimum Gasteiger partial charge on any atom is -0.327 e. The second-order valence-corrected chi connectivity index (χ2v) is 6.20. The maximum Gasteiger partial charge on any atom is 0.215 e. The molecule has 0 spiro atoms. The van der Waals surface area contributed by atoms with Gasteiger partial charge in [-0.05, 0) is 12.3 Å². The molecule has 86 valence electrons. The second-order valence-electron chi connectivity index (χ2n) is 4.08. The van der Waals surface area contributed by atoms with Gasteiger partial charge >= 0.3 is 0 Å². The standard InChI is InChI=1S/C9H22N2O2S/c1-5-11(4)14(12,13)7-9(10)6-8(2)3/h8-9H,5-7,10H2,1-4H3. The highest BCUT2D eigenvalue weighted by atomic mass is 32.2. The lowest BCUT2D eigenvalue weighted by molar-refractivity contribution is 0.466. The minimum atomic E-state index is -3.15. The first kappa shape index (κ1) is 13.9. The molecule has 0 aliphatic rings. The van der Waals surface area contributed by atoms with Gasteiger partial charge in [-0.25, -0.2) is 12.7 Å². The molecule has 14 heavy (non-hydrogen) atoms. The first-order valence-electron chi connectivity index (χ1n) is 4.99. The van der Waals surface area contributed by atoms with Gasteiger partial charge in [0.1, 0.15) is 0 Å². The fraction of sp³-hybridized carbons (Fsp3) is 1.00. The Kier molecular flexibility index (Phi) is 5.63. The summed E-state index contributed by atoms with van der Waals surface area (Å²) in [5.41, 5.74) is 5.75. The molecule has 1 unspecified atom stereocenters. The average Bonchev–Trinajstić information content (AvgIpc) is 1.99. The van der Waals surface area contributed by atoms with Crippen molar-refractivity contribution < 1.29 is 8.42 Å². The van der Waals surface area contributed by atoms with Crippen molar-refractivity contribution in [2.75, 3.05) is 19.3 Å². The SMILES string of the molecule is CCN(C)S(=O)(=O)CC(N)CC(C)C. The molecular formula is C9H22N2O2S. The van der Waals surface area contributed by atoms with Crippen molar-refractivity contribution in [3.8, 4) is 0 Å². The lowest BCUT2D eigenvalue weighted by Gasteiger charge is -2.19. The fourth-order valence-electron chi connectivity index (χ4n) is 1.27. The molecule has 0 saturated carbocycles. The number of sulfonamides is 1. The van der Waals surface area contributed by atoms with E-state index in [0.29, 0.717) is 12.5 Å². The average molecular weight is 222 g/mol. The van der Waals surface area contributed by atoms with Crippen LogP contribution >= 0.6 is 0 Å². The van der Waals surface area contributed by atoms with Gasteiger partial charge in [-0.2, -0.15) is 0 Å². The van der Waals surface area contributed by atoms with E-state index < -0.39 is 10.0 Å². The van der Waals surface area contributed by atoms with Gasteiger partial charge in [-0.1, -0.05) is 20.8 Å². The zero-order valence-electron chi connectivity index (χ0n) is 9.53. The van der Waals surface area contributed by atoms with Crippen molar-refractivity contribution in [2.45, 2.75) is 33.2 Å². The largest absolute Gasteiger partial charge is 0.327 e. The van der Waals surface area contributed by atoms with Crippen LogP contribution in [0.4, 0.5) is 0 Å². The van der Waals surface area contributed by atoms with E-state index in [-0.39, 0.29) is 11.8 Å². The molecule has 0 heterocycles. The Morgan fingerprint density at radius 1 is 1.36 bits per heavy atom. The Morgan fingerprint density at radius 3 is 2.21 bits per heavy atom. The van der Waals surface area contributed by atoms with Crippen molar-refractivity contribution in [3.05, 3.63) is 0 Å². The number of rotatable bonds is 6. The second kappa shape index (κ2) is 5.68. The molecule has 0 aliphatic carbocycles. The predicted octanol–water partition coefficient (Wildman–Crippen LogP) is 0.641. The molecule has 0 aromatic carbocycles. The quantitative estimate of drug-likeness (QED) is 0.717. The maximum absolute atomic E-state index is 11.6. The Hall–Kier alpha value is -0.130. The van der Waals surface area contributed by atoms with Crippen molar-refractivity contribution in [1.82, 2.24) is 4.31 Å². The monoisotopic (exact) mass is 222 g/mol. The third-order valence-electron chi connectivity index (χ3n) is 2.12. The van der Waals surface area contributed by atoms with E-state index in [2.05, 4.69) is 0 Å². The third kappa shape index (κ3) is 4.93. The van der Waals surface area contributed by atoms with Gasteiger partial charge in [0.05, 0.1) is 5.75 Å². The van der Waals surface area contributed by atoms with Crippen LogP contribution in [-0.4, -0.2) is 38.1 Å². The van der Waals surface area contributed by atoms with Crippen LogP contribution in [0.1, 0.15) is 27.2 Å². The Morgan fingerprint density at radius 2 is 1.86 bits per heavy atom. The van der Waals surface area contributed by atoms with E-state index in [9.17, 15) is 8.42 Å². The van der Waals surface area contributed by atoms with Gasteiger partial charge in [0.25, 0.3) is 0 Å². The molecule has 4 nitrogen and oxygen atoms in total. The van der Waals surface area contributed by atoms with Crippen LogP contribution in [0, 0.1) is 5.92 Å². The van der Waals surface area contributed by atoms with Crippen molar-refractivity contribution in [2.24, 2.45) is 11.7 Å². The topological polar surface area (TPSA) is 63.4 Å². The molecule has 0 aromatic rings. The molecule has 0 radical (unpaired) electrons. The Balaban J connectivity index is 4.23. The summed E-state index contributed by atoms with van der Waals surface area (Å²) < 4.78 is 24.5. The summed E-state index contributed by atoms with van der Waals surface area (Å²) >= 11 is 0. The lowest BCUT2D eigenvalue weighted by Crippen LogP contribution is -2.38. The van der Waals surface area contributed by atoms with E-state index in [0.717, 1.165) is 6.42 Å². The maximum atomic E-state index is 11.6. The number of nitrogens with two attached hydrogens (primary N) is 1. The van der Waals surface area contributed by atoms with Crippen LogP contribution in [0.15, 0.2) is 0 Å². The van der Waals surface area contributed by atoms with Gasteiger partial charge < -0.3 is 5.73 Å². The van der Waals surface area contributed by atoms with Gasteiger partial charge in [-0.3, -0.25) is 0 Å². The number of hydrogen-bond donors (Lipinski definition) is 1. The molecule has 0 aromatic heterocycles. The molecule has 0 saturated heterocycles. The molecule has 0 amide bonds. The Bertz CT molecular complexity index is 250. The lowest BCUT2D eigenvalue weighted by atomic mass is 10.1. The summed E-state index contributed by atoms with van der Waals surface area (Å²) in [6, 6.07) is -0.256. The minimum absolute atomic E-state index is 0.0511. The third-order valence-corrected chi connectivity index (χ3v) is 4.18. The number of nitrogens with zero attached hydrogens (tertiary/aromatic N) is 1. The van der Waals surface area contributed by atoms with E-state index in [1.807, 2.05) is 20.8 Å². The van der Waals surface area contributed by atoms with Crippen LogP contribution in [0.2, 0.25) is 0 Å². The van der Waals surface area contributed by atoms with E-state index in [1.165, 1.54) is 4.31 Å². The molecule has 5 heteroatoms. The van der Waals surface area contributed by atoms with Gasteiger partial charge in [0.2, 0.25) is 10.0 Å². The smallest absolute Gasteiger partial charge is 0.215 e. The summed E-state index contributed by atoms with van der Waals surface area (Å²) in [6.45, 7) is 6.38. The Labute approximate surface area is 87.5 Å². The first-order chi connectivity index (χ1) is 6.29. The van der Waals surface area contributed by atoms with E-state index >= 15 is 0 Å². The molecular weight excluding hydrogens is 200 g/mol. The summed E-state index contributed by atoms with van der Waals surface area (Å²) in [6.07, 6.45) is 0.747. The molecule has 0 bridgehead atoms. The summed E-state index contributed by atoms with van der Waals surface area (Å²) in [7, 11) is -1.57. The predicted molar refractivity (Wildman–Crippen MR) is 59.5 cm³/mol. The first-order valence-corrected chi connectivity index (χ1v) is 6.60. The fourth-order valence-corrected chi connectivity index (χ4v) is 2.59. The van der Waals surface area contributed by atoms with Crippen molar-refractivity contribution >= 4 is 10.0 Å². The summed E-state index contributed by atoms with van der Waals surface area (Å²) in [5, 5.41) is 0. The summed E-state index contributed by atoms with van der Waals surface area (Å²) in [5.74, 6) is 0.488. The van der Waals surface area contributed by atoms with Crippen LogP contribution in [0.5, 0.6) is 0 Å². The van der Waals surface area contributed by atoms with Crippen molar-refractivity contribution in [1.29, 1.82) is 0 Å². The normalized spacial score (nSPS) is 15.1. The summed E-state index contributed by atoms with van der Waals surface area (Å²) in [4.78, 5) is 0. The van der Waals surface area contributed by atoms with Crippen LogP contribution < -0.4 is 5.73 Å². The van der Waals surface area contributed by atoms with E-state index in [1.54, 1.807) is 7.05 Å². The van der Waals surface area contributed by atoms with Crippen molar-refractivity contribution in [3.63, 3.8) is 0 Å². The van der Waals surface area contributed by atoms with Gasteiger partial charge in [0, 0.05) is 19.6 Å². The highest BCUT2D eigenvalue weighted by Crippen LogP contribution is 2.07. The molecule has 1 atom stereocenters. The highest BCUT2D eigenvalue weighted by Gasteiger charge is 2.20. The molecule has 2 N–H and O–H groups in total. The highest BCUT2D eigenvalue weighted by molar-refractivity contribution is 7.89. The zero-order valence-corrected chi connectivity index (χ0v) is 10.3. The zero-order chi connectivity index (χ0) is 11.4. The van der Waals surface area contributed by atoms with Crippen LogP contribution in [0.3, 0.4) is 0 Å². The molecule has 0 rings (SSSR count). The van der Waals surface area contributed by atoms with Gasteiger partial charge in [-0.15, -0.1) is 0 Å². The van der Waals surface area contributed by atoms with Crippen LogP contribution in [-0.2, 0) is 10.0 Å². The molecule has 0 aliphatic heterocycles. The molecule has 0 fully saturated rings. The van der Waals surface area contributed by atoms with Crippen LogP contribution in [0.25, 0.3) is 0 Å².